The first-order valence-corrected chi connectivity index (χ1v) is 11.2. The maximum atomic E-state index is 13.8. The van der Waals surface area contributed by atoms with Gasteiger partial charge in [0.1, 0.15) is 5.75 Å². The summed E-state index contributed by atoms with van der Waals surface area (Å²) < 4.78 is 7.14. The fourth-order valence-corrected chi connectivity index (χ4v) is 4.04. The van der Waals surface area contributed by atoms with E-state index in [1.54, 1.807) is 18.2 Å². The van der Waals surface area contributed by atoms with Gasteiger partial charge in [-0.2, -0.15) is 5.10 Å². The average Bonchev–Trinajstić information content (AvgIpc) is 3.27. The van der Waals surface area contributed by atoms with Gasteiger partial charge in [-0.1, -0.05) is 36.4 Å². The standard InChI is InChI=1S/C27H30N4O2/c1-17(2)31-26-24(16-28-31)23(15-25(29-26)22-10-8-7-9-18(22)3)27(32)30(5)19(4)20-11-13-21(33-6)14-12-20/h7-17,19H,1-6H3. The van der Waals surface area contributed by atoms with Gasteiger partial charge in [0, 0.05) is 18.7 Å². The molecule has 33 heavy (non-hydrogen) atoms. The molecule has 2 aromatic carbocycles. The quantitative estimate of drug-likeness (QED) is 0.377. The van der Waals surface area contributed by atoms with E-state index in [1.807, 2.05) is 67.2 Å². The van der Waals surface area contributed by atoms with Gasteiger partial charge in [0.15, 0.2) is 5.65 Å². The van der Waals surface area contributed by atoms with Gasteiger partial charge >= 0.3 is 0 Å². The van der Waals surface area contributed by atoms with Gasteiger partial charge in [0.2, 0.25) is 0 Å². The molecule has 1 unspecified atom stereocenters. The molecule has 1 atom stereocenters. The summed E-state index contributed by atoms with van der Waals surface area (Å²) >= 11 is 0. The Labute approximate surface area is 194 Å². The van der Waals surface area contributed by atoms with Crippen molar-refractivity contribution in [3.05, 3.63) is 77.5 Å². The van der Waals surface area contributed by atoms with E-state index in [0.717, 1.165) is 39.2 Å². The zero-order valence-electron chi connectivity index (χ0n) is 20.0. The van der Waals surface area contributed by atoms with Gasteiger partial charge in [-0.3, -0.25) is 4.79 Å². The van der Waals surface area contributed by atoms with Crippen LogP contribution in [0.5, 0.6) is 5.75 Å². The van der Waals surface area contributed by atoms with Gasteiger partial charge in [-0.05, 0) is 57.0 Å². The third-order valence-electron chi connectivity index (χ3n) is 6.21. The van der Waals surface area contributed by atoms with E-state index in [1.165, 1.54) is 0 Å². The number of hydrogen-bond acceptors (Lipinski definition) is 4. The zero-order chi connectivity index (χ0) is 23.7. The molecule has 2 aromatic heterocycles. The zero-order valence-corrected chi connectivity index (χ0v) is 20.0. The molecule has 0 bridgehead atoms. The molecule has 170 valence electrons. The minimum atomic E-state index is -0.117. The second-order valence-corrected chi connectivity index (χ2v) is 8.66. The van der Waals surface area contributed by atoms with Gasteiger partial charge in [0.05, 0.1) is 36.0 Å². The predicted octanol–water partition coefficient (Wildman–Crippen LogP) is 5.83. The lowest BCUT2D eigenvalue weighted by Gasteiger charge is -2.26. The molecule has 0 aliphatic rings. The van der Waals surface area contributed by atoms with Crippen LogP contribution in [0, 0.1) is 6.92 Å². The van der Waals surface area contributed by atoms with Crippen molar-refractivity contribution < 1.29 is 9.53 Å². The van der Waals surface area contributed by atoms with Crippen LogP contribution in [-0.4, -0.2) is 39.7 Å². The molecule has 6 heteroatoms. The van der Waals surface area contributed by atoms with Crippen LogP contribution in [0.3, 0.4) is 0 Å². The monoisotopic (exact) mass is 442 g/mol. The molecule has 0 saturated carbocycles. The summed E-state index contributed by atoms with van der Waals surface area (Å²) in [6.07, 6.45) is 1.75. The Bertz CT molecular complexity index is 1290. The number of aromatic nitrogens is 3. The summed E-state index contributed by atoms with van der Waals surface area (Å²) in [6.45, 7) is 8.21. The molecule has 4 aromatic rings. The first kappa shape index (κ1) is 22.5. The molecule has 6 nitrogen and oxygen atoms in total. The molecule has 0 N–H and O–H groups in total. The number of methoxy groups -OCH3 is 1. The maximum absolute atomic E-state index is 13.8. The SMILES string of the molecule is COc1ccc(C(C)N(C)C(=O)c2cc(-c3ccccc3C)nc3c2cnn3C(C)C)cc1. The second kappa shape index (κ2) is 9.06. The van der Waals surface area contributed by atoms with E-state index < -0.39 is 0 Å². The van der Waals surface area contributed by atoms with Crippen LogP contribution in [0.2, 0.25) is 0 Å². The largest absolute Gasteiger partial charge is 0.497 e. The van der Waals surface area contributed by atoms with Crippen LogP contribution >= 0.6 is 0 Å². The van der Waals surface area contributed by atoms with Crippen molar-refractivity contribution in [3.8, 4) is 17.0 Å². The first-order chi connectivity index (χ1) is 15.8. The Morgan fingerprint density at radius 3 is 2.39 bits per heavy atom. The lowest BCUT2D eigenvalue weighted by molar-refractivity contribution is 0.0744. The maximum Gasteiger partial charge on any atom is 0.254 e. The molecule has 4 rings (SSSR count). The van der Waals surface area contributed by atoms with Crippen LogP contribution in [-0.2, 0) is 0 Å². The summed E-state index contributed by atoms with van der Waals surface area (Å²) in [5.74, 6) is 0.726. The number of pyridine rings is 1. The lowest BCUT2D eigenvalue weighted by Crippen LogP contribution is -2.30. The number of fused-ring (bicyclic) bond motifs is 1. The fourth-order valence-electron chi connectivity index (χ4n) is 4.04. The molecule has 0 radical (unpaired) electrons. The molecule has 0 spiro atoms. The third kappa shape index (κ3) is 4.21. The van der Waals surface area contributed by atoms with Gasteiger partial charge < -0.3 is 9.64 Å². The Morgan fingerprint density at radius 2 is 1.76 bits per heavy atom. The Balaban J connectivity index is 1.81. The van der Waals surface area contributed by atoms with Gasteiger partial charge in [-0.25, -0.2) is 9.67 Å². The molecule has 0 fully saturated rings. The Morgan fingerprint density at radius 1 is 1.06 bits per heavy atom. The van der Waals surface area contributed by atoms with E-state index in [0.29, 0.717) is 5.56 Å². The summed E-state index contributed by atoms with van der Waals surface area (Å²) in [6, 6.07) is 17.8. The number of hydrogen-bond donors (Lipinski definition) is 0. The number of carbonyl (C=O) groups excluding carboxylic acids is 1. The highest BCUT2D eigenvalue weighted by Gasteiger charge is 2.24. The normalized spacial score (nSPS) is 12.2. The van der Waals surface area contributed by atoms with Crippen molar-refractivity contribution in [2.45, 2.75) is 39.8 Å². The fraction of sp³-hybridized carbons (Fsp3) is 0.296. The van der Waals surface area contributed by atoms with Crippen molar-refractivity contribution in [1.82, 2.24) is 19.7 Å². The second-order valence-electron chi connectivity index (χ2n) is 8.66. The summed E-state index contributed by atoms with van der Waals surface area (Å²) in [5, 5.41) is 5.31. The highest BCUT2D eigenvalue weighted by molar-refractivity contribution is 6.06. The minimum absolute atomic E-state index is 0.0659. The Kier molecular flexibility index (Phi) is 6.18. The van der Waals surface area contributed by atoms with Crippen molar-refractivity contribution >= 4 is 16.9 Å². The first-order valence-electron chi connectivity index (χ1n) is 11.2. The number of ether oxygens (including phenoxy) is 1. The topological polar surface area (TPSA) is 60.2 Å². The molecular weight excluding hydrogens is 412 g/mol. The van der Waals surface area contributed by atoms with Crippen LogP contribution in [0.25, 0.3) is 22.3 Å². The average molecular weight is 443 g/mol. The van der Waals surface area contributed by atoms with Gasteiger partial charge in [-0.15, -0.1) is 0 Å². The third-order valence-corrected chi connectivity index (χ3v) is 6.21. The minimum Gasteiger partial charge on any atom is -0.497 e. The summed E-state index contributed by atoms with van der Waals surface area (Å²) in [4.78, 5) is 20.5. The smallest absolute Gasteiger partial charge is 0.254 e. The highest BCUT2D eigenvalue weighted by Crippen LogP contribution is 2.30. The van der Waals surface area contributed by atoms with Crippen molar-refractivity contribution in [3.63, 3.8) is 0 Å². The molecule has 2 heterocycles. The van der Waals surface area contributed by atoms with Crippen LogP contribution in [0.1, 0.15) is 54.3 Å². The van der Waals surface area contributed by atoms with Crippen LogP contribution < -0.4 is 4.74 Å². The van der Waals surface area contributed by atoms with E-state index in [-0.39, 0.29) is 18.0 Å². The number of aryl methyl sites for hydroxylation is 1. The predicted molar refractivity (Wildman–Crippen MR) is 132 cm³/mol. The number of nitrogens with zero attached hydrogens (tertiary/aromatic N) is 4. The van der Waals surface area contributed by atoms with E-state index in [9.17, 15) is 4.79 Å². The number of rotatable bonds is 6. The van der Waals surface area contributed by atoms with Gasteiger partial charge in [0.25, 0.3) is 5.91 Å². The van der Waals surface area contributed by atoms with Crippen molar-refractivity contribution in [2.24, 2.45) is 0 Å². The van der Waals surface area contributed by atoms with Crippen molar-refractivity contribution in [1.29, 1.82) is 0 Å². The molecule has 0 aliphatic carbocycles. The molecule has 0 saturated heterocycles. The van der Waals surface area contributed by atoms with Crippen LogP contribution in [0.4, 0.5) is 0 Å². The van der Waals surface area contributed by atoms with E-state index in [4.69, 9.17) is 9.72 Å². The molecule has 1 amide bonds. The van der Waals surface area contributed by atoms with Crippen LogP contribution in [0.15, 0.2) is 60.8 Å². The summed E-state index contributed by atoms with van der Waals surface area (Å²) in [5.41, 5.74) is 5.26. The number of benzene rings is 2. The van der Waals surface area contributed by atoms with E-state index in [2.05, 4.69) is 31.9 Å². The molecule has 0 aliphatic heterocycles. The lowest BCUT2D eigenvalue weighted by atomic mass is 10.0. The molecular formula is C27H30N4O2. The Hall–Kier alpha value is -3.67. The number of amides is 1. The highest BCUT2D eigenvalue weighted by atomic mass is 16.5. The van der Waals surface area contributed by atoms with E-state index >= 15 is 0 Å². The number of carbonyl (C=O) groups is 1. The summed E-state index contributed by atoms with van der Waals surface area (Å²) in [7, 11) is 3.48. The van der Waals surface area contributed by atoms with Crippen molar-refractivity contribution in [2.75, 3.05) is 14.2 Å².